The molecule has 0 amide bonds. The first-order valence-electron chi connectivity index (χ1n) is 8.42. The van der Waals surface area contributed by atoms with Crippen molar-refractivity contribution in [1.29, 1.82) is 0 Å². The van der Waals surface area contributed by atoms with Crippen LogP contribution in [0.25, 0.3) is 5.57 Å². The minimum Gasteiger partial charge on any atom is -0.377 e. The van der Waals surface area contributed by atoms with E-state index in [2.05, 4.69) is 45.0 Å². The maximum absolute atomic E-state index is 5.33. The van der Waals surface area contributed by atoms with E-state index in [1.165, 1.54) is 11.3 Å². The fourth-order valence-electron chi connectivity index (χ4n) is 1.99. The van der Waals surface area contributed by atoms with Gasteiger partial charge in [-0.05, 0) is 30.0 Å². The van der Waals surface area contributed by atoms with Gasteiger partial charge < -0.3 is 4.74 Å². The quantitative estimate of drug-likeness (QED) is 0.713. The fourth-order valence-corrected chi connectivity index (χ4v) is 1.99. The molecule has 0 aromatic carbocycles. The summed E-state index contributed by atoms with van der Waals surface area (Å²) in [5.74, 6) is 1.14. The van der Waals surface area contributed by atoms with E-state index in [1.54, 1.807) is 0 Å². The van der Waals surface area contributed by atoms with Crippen LogP contribution in [-0.4, -0.2) is 18.2 Å². The SMILES string of the molecule is CC.CC.CC(C)C(C)c1cccc(C2=CCOCC2)n1. The van der Waals surface area contributed by atoms with Crippen LogP contribution in [0, 0.1) is 5.92 Å². The molecule has 0 spiro atoms. The number of hydrogen-bond donors (Lipinski definition) is 0. The third kappa shape index (κ3) is 6.43. The van der Waals surface area contributed by atoms with Gasteiger partial charge in [-0.3, -0.25) is 4.98 Å². The normalized spacial score (nSPS) is 15.1. The van der Waals surface area contributed by atoms with Gasteiger partial charge in [0, 0.05) is 11.6 Å². The molecule has 1 aliphatic rings. The molecule has 1 atom stereocenters. The lowest BCUT2D eigenvalue weighted by molar-refractivity contribution is 0.161. The molecular weight excluding hydrogens is 258 g/mol. The Hall–Kier alpha value is -1.15. The second-order valence-electron chi connectivity index (χ2n) is 5.03. The minimum atomic E-state index is 0.510. The van der Waals surface area contributed by atoms with E-state index in [9.17, 15) is 0 Å². The Labute approximate surface area is 131 Å². The van der Waals surface area contributed by atoms with Crippen molar-refractivity contribution < 1.29 is 4.74 Å². The van der Waals surface area contributed by atoms with Gasteiger partial charge in [-0.1, -0.05) is 60.6 Å². The highest BCUT2D eigenvalue weighted by molar-refractivity contribution is 5.63. The van der Waals surface area contributed by atoms with Gasteiger partial charge in [-0.15, -0.1) is 0 Å². The van der Waals surface area contributed by atoms with Crippen molar-refractivity contribution in [3.8, 4) is 0 Å². The van der Waals surface area contributed by atoms with Crippen molar-refractivity contribution in [2.24, 2.45) is 5.92 Å². The third-order valence-corrected chi connectivity index (χ3v) is 3.53. The molecule has 0 N–H and O–H groups in total. The molecule has 0 saturated carbocycles. The average molecular weight is 291 g/mol. The maximum atomic E-state index is 5.33. The van der Waals surface area contributed by atoms with E-state index in [-0.39, 0.29) is 0 Å². The zero-order chi connectivity index (χ0) is 16.3. The Morgan fingerprint density at radius 3 is 2.24 bits per heavy atom. The monoisotopic (exact) mass is 291 g/mol. The van der Waals surface area contributed by atoms with Gasteiger partial charge in [0.25, 0.3) is 0 Å². The first kappa shape index (κ1) is 19.9. The van der Waals surface area contributed by atoms with E-state index < -0.39 is 0 Å². The lowest BCUT2D eigenvalue weighted by atomic mass is 9.93. The van der Waals surface area contributed by atoms with Crippen molar-refractivity contribution in [3.63, 3.8) is 0 Å². The van der Waals surface area contributed by atoms with Crippen LogP contribution in [0.5, 0.6) is 0 Å². The number of ether oxygens (including phenoxy) is 1. The van der Waals surface area contributed by atoms with Crippen LogP contribution >= 0.6 is 0 Å². The number of nitrogens with zero attached hydrogens (tertiary/aromatic N) is 1. The summed E-state index contributed by atoms with van der Waals surface area (Å²) in [6.07, 6.45) is 3.13. The lowest BCUT2D eigenvalue weighted by Gasteiger charge is -2.18. The molecule has 21 heavy (non-hydrogen) atoms. The average Bonchev–Trinajstić information content (AvgIpc) is 2.58. The van der Waals surface area contributed by atoms with Gasteiger partial charge in [-0.25, -0.2) is 0 Å². The molecule has 1 unspecified atom stereocenters. The second-order valence-corrected chi connectivity index (χ2v) is 5.03. The van der Waals surface area contributed by atoms with Crippen LogP contribution in [0.3, 0.4) is 0 Å². The van der Waals surface area contributed by atoms with Crippen molar-refractivity contribution in [3.05, 3.63) is 35.7 Å². The highest BCUT2D eigenvalue weighted by Gasteiger charge is 2.13. The van der Waals surface area contributed by atoms with Crippen LogP contribution in [-0.2, 0) is 4.74 Å². The van der Waals surface area contributed by atoms with Crippen LogP contribution in [0.1, 0.15) is 72.2 Å². The molecule has 1 aliphatic heterocycles. The van der Waals surface area contributed by atoms with E-state index in [1.807, 2.05) is 27.7 Å². The van der Waals surface area contributed by atoms with Gasteiger partial charge in [-0.2, -0.15) is 0 Å². The van der Waals surface area contributed by atoms with Gasteiger partial charge in [0.2, 0.25) is 0 Å². The first-order valence-corrected chi connectivity index (χ1v) is 8.42. The minimum absolute atomic E-state index is 0.510. The molecule has 2 heteroatoms. The van der Waals surface area contributed by atoms with Gasteiger partial charge in [0.1, 0.15) is 0 Å². The molecule has 0 aliphatic carbocycles. The number of aromatic nitrogens is 1. The summed E-state index contributed by atoms with van der Waals surface area (Å²) in [6, 6.07) is 6.36. The predicted octanol–water partition coefficient (Wildman–Crippen LogP) is 5.70. The Morgan fingerprint density at radius 2 is 1.71 bits per heavy atom. The smallest absolute Gasteiger partial charge is 0.0663 e. The van der Waals surface area contributed by atoms with Crippen LogP contribution in [0.15, 0.2) is 24.3 Å². The molecule has 2 rings (SSSR count). The fraction of sp³-hybridized carbons (Fsp3) is 0.632. The van der Waals surface area contributed by atoms with Crippen molar-refractivity contribution in [1.82, 2.24) is 4.98 Å². The number of rotatable bonds is 3. The molecule has 0 saturated heterocycles. The van der Waals surface area contributed by atoms with Crippen molar-refractivity contribution >= 4 is 5.57 Å². The zero-order valence-corrected chi connectivity index (χ0v) is 14.9. The molecule has 1 aromatic rings. The highest BCUT2D eigenvalue weighted by Crippen LogP contribution is 2.25. The Morgan fingerprint density at radius 1 is 1.05 bits per heavy atom. The Bertz CT molecular complexity index is 410. The van der Waals surface area contributed by atoms with Crippen molar-refractivity contribution in [2.75, 3.05) is 13.2 Å². The third-order valence-electron chi connectivity index (χ3n) is 3.53. The topological polar surface area (TPSA) is 22.1 Å². The van der Waals surface area contributed by atoms with Crippen molar-refractivity contribution in [2.45, 2.75) is 60.8 Å². The summed E-state index contributed by atoms with van der Waals surface area (Å²) in [6.45, 7) is 16.3. The summed E-state index contributed by atoms with van der Waals surface area (Å²) >= 11 is 0. The second kappa shape index (κ2) is 11.5. The van der Waals surface area contributed by atoms with E-state index in [0.29, 0.717) is 11.8 Å². The molecule has 2 nitrogen and oxygen atoms in total. The van der Waals surface area contributed by atoms with E-state index in [0.717, 1.165) is 25.3 Å². The van der Waals surface area contributed by atoms with Gasteiger partial charge >= 0.3 is 0 Å². The van der Waals surface area contributed by atoms with Crippen LogP contribution in [0.2, 0.25) is 0 Å². The Balaban J connectivity index is 0.000000921. The highest BCUT2D eigenvalue weighted by atomic mass is 16.5. The molecule has 1 aromatic heterocycles. The van der Waals surface area contributed by atoms with Gasteiger partial charge in [0.05, 0.1) is 18.9 Å². The van der Waals surface area contributed by atoms with Crippen LogP contribution in [0.4, 0.5) is 0 Å². The summed E-state index contributed by atoms with van der Waals surface area (Å²) in [4.78, 5) is 4.79. The molecule has 0 bridgehead atoms. The summed E-state index contributed by atoms with van der Waals surface area (Å²) in [5, 5.41) is 0. The van der Waals surface area contributed by atoms with E-state index in [4.69, 9.17) is 9.72 Å². The zero-order valence-electron chi connectivity index (χ0n) is 14.9. The molecular formula is C19H33NO. The van der Waals surface area contributed by atoms with Gasteiger partial charge in [0.15, 0.2) is 0 Å². The van der Waals surface area contributed by atoms with E-state index >= 15 is 0 Å². The molecule has 0 fully saturated rings. The maximum Gasteiger partial charge on any atom is 0.0663 e. The largest absolute Gasteiger partial charge is 0.377 e. The standard InChI is InChI=1S/C15H21NO.2C2H6/c1-11(2)12(3)14-5-4-6-15(16-14)13-7-9-17-10-8-13;2*1-2/h4-7,11-12H,8-10H2,1-3H3;2*1-2H3. The first-order chi connectivity index (χ1) is 10.2. The molecule has 0 radical (unpaired) electrons. The summed E-state index contributed by atoms with van der Waals surface area (Å²) < 4.78 is 5.33. The lowest BCUT2D eigenvalue weighted by Crippen LogP contribution is -2.08. The summed E-state index contributed by atoms with van der Waals surface area (Å²) in [7, 11) is 0. The number of pyridine rings is 1. The molecule has 120 valence electrons. The summed E-state index contributed by atoms with van der Waals surface area (Å²) in [5.41, 5.74) is 3.65. The molecule has 2 heterocycles. The van der Waals surface area contributed by atoms with Crippen LogP contribution < -0.4 is 0 Å². The number of hydrogen-bond acceptors (Lipinski definition) is 2. The Kier molecular flexibility index (Phi) is 10.9. The predicted molar refractivity (Wildman–Crippen MR) is 93.6 cm³/mol.